The van der Waals surface area contributed by atoms with Crippen LogP contribution in [0.1, 0.15) is 58.8 Å². The van der Waals surface area contributed by atoms with Gasteiger partial charge in [0.15, 0.2) is 0 Å². The van der Waals surface area contributed by atoms with Crippen molar-refractivity contribution < 1.29 is 0 Å². The highest BCUT2D eigenvalue weighted by Crippen LogP contribution is 2.31. The monoisotopic (exact) mass is 279 g/mol. The van der Waals surface area contributed by atoms with Crippen LogP contribution in [0.25, 0.3) is 0 Å². The summed E-state index contributed by atoms with van der Waals surface area (Å²) in [5.74, 6) is 0. The fourth-order valence-corrected chi connectivity index (χ4v) is 4.66. The van der Waals surface area contributed by atoms with Gasteiger partial charge in [-0.1, -0.05) is 13.3 Å². The Morgan fingerprint density at radius 2 is 1.55 bits per heavy atom. The molecule has 3 rings (SSSR count). The average Bonchev–Trinajstić information content (AvgIpc) is 2.87. The Labute approximate surface area is 125 Å². The van der Waals surface area contributed by atoms with Gasteiger partial charge in [-0.05, 0) is 65.1 Å². The topological polar surface area (TPSA) is 18.5 Å². The summed E-state index contributed by atoms with van der Waals surface area (Å²) >= 11 is 0. The SMILES string of the molecule is CCC1CCN(C2CCN3CCCCC23)CCC(C)N1. The van der Waals surface area contributed by atoms with Crippen molar-refractivity contribution in [3.8, 4) is 0 Å². The molecule has 3 aliphatic rings. The lowest BCUT2D eigenvalue weighted by Crippen LogP contribution is -2.51. The van der Waals surface area contributed by atoms with E-state index in [-0.39, 0.29) is 0 Å². The molecule has 3 aliphatic heterocycles. The van der Waals surface area contributed by atoms with Crippen molar-refractivity contribution in [1.82, 2.24) is 15.1 Å². The van der Waals surface area contributed by atoms with E-state index in [4.69, 9.17) is 0 Å². The molecule has 0 amide bonds. The molecule has 0 radical (unpaired) electrons. The van der Waals surface area contributed by atoms with Crippen LogP contribution in [0, 0.1) is 0 Å². The van der Waals surface area contributed by atoms with Gasteiger partial charge in [0.05, 0.1) is 0 Å². The van der Waals surface area contributed by atoms with Crippen LogP contribution >= 0.6 is 0 Å². The molecule has 3 fully saturated rings. The zero-order valence-corrected chi connectivity index (χ0v) is 13.5. The van der Waals surface area contributed by atoms with Gasteiger partial charge >= 0.3 is 0 Å². The molecule has 3 saturated heterocycles. The predicted octanol–water partition coefficient (Wildman–Crippen LogP) is 2.47. The van der Waals surface area contributed by atoms with Crippen LogP contribution in [0.5, 0.6) is 0 Å². The van der Waals surface area contributed by atoms with E-state index < -0.39 is 0 Å². The average molecular weight is 279 g/mol. The first-order chi connectivity index (χ1) is 9.78. The fraction of sp³-hybridized carbons (Fsp3) is 1.00. The normalized spacial score (nSPS) is 41.1. The predicted molar refractivity (Wildman–Crippen MR) is 85.1 cm³/mol. The van der Waals surface area contributed by atoms with Crippen molar-refractivity contribution in [1.29, 1.82) is 0 Å². The maximum Gasteiger partial charge on any atom is 0.0263 e. The fourth-order valence-electron chi connectivity index (χ4n) is 4.66. The first-order valence-corrected chi connectivity index (χ1v) is 9.02. The van der Waals surface area contributed by atoms with E-state index >= 15 is 0 Å². The highest BCUT2D eigenvalue weighted by Gasteiger charge is 2.38. The smallest absolute Gasteiger partial charge is 0.0263 e. The number of nitrogens with zero attached hydrogens (tertiary/aromatic N) is 2. The van der Waals surface area contributed by atoms with Gasteiger partial charge in [0.25, 0.3) is 0 Å². The second-order valence-corrected chi connectivity index (χ2v) is 7.24. The van der Waals surface area contributed by atoms with Crippen molar-refractivity contribution in [3.05, 3.63) is 0 Å². The molecule has 0 saturated carbocycles. The van der Waals surface area contributed by atoms with E-state index in [0.29, 0.717) is 6.04 Å². The molecule has 1 N–H and O–H groups in total. The minimum Gasteiger partial charge on any atom is -0.311 e. The summed E-state index contributed by atoms with van der Waals surface area (Å²) in [5, 5.41) is 3.80. The summed E-state index contributed by atoms with van der Waals surface area (Å²) in [6, 6.07) is 3.16. The van der Waals surface area contributed by atoms with Gasteiger partial charge in [-0.2, -0.15) is 0 Å². The van der Waals surface area contributed by atoms with E-state index in [0.717, 1.165) is 18.1 Å². The molecule has 0 spiro atoms. The molecule has 3 heterocycles. The third kappa shape index (κ3) is 3.20. The zero-order valence-electron chi connectivity index (χ0n) is 13.5. The van der Waals surface area contributed by atoms with Crippen molar-refractivity contribution in [2.24, 2.45) is 0 Å². The number of rotatable bonds is 2. The van der Waals surface area contributed by atoms with Gasteiger partial charge in [0, 0.05) is 30.7 Å². The number of hydrogen-bond donors (Lipinski definition) is 1. The van der Waals surface area contributed by atoms with Gasteiger partial charge < -0.3 is 5.32 Å². The molecule has 0 aromatic carbocycles. The second-order valence-electron chi connectivity index (χ2n) is 7.24. The Bertz CT molecular complexity index is 307. The lowest BCUT2D eigenvalue weighted by Gasteiger charge is -2.40. The summed E-state index contributed by atoms with van der Waals surface area (Å²) in [7, 11) is 0. The number of piperidine rings is 1. The Morgan fingerprint density at radius 3 is 2.40 bits per heavy atom. The van der Waals surface area contributed by atoms with Crippen LogP contribution < -0.4 is 5.32 Å². The molecule has 4 unspecified atom stereocenters. The lowest BCUT2D eigenvalue weighted by molar-refractivity contribution is 0.0995. The van der Waals surface area contributed by atoms with E-state index in [9.17, 15) is 0 Å². The van der Waals surface area contributed by atoms with Gasteiger partial charge in [-0.15, -0.1) is 0 Å². The molecule has 0 aromatic heterocycles. The molecule has 116 valence electrons. The molecular formula is C17H33N3. The Kier molecular flexibility index (Phi) is 5.00. The number of nitrogens with one attached hydrogen (secondary N) is 1. The van der Waals surface area contributed by atoms with Gasteiger partial charge in [-0.25, -0.2) is 0 Å². The molecule has 3 heteroatoms. The minimum atomic E-state index is 0.687. The third-order valence-electron chi connectivity index (χ3n) is 5.92. The van der Waals surface area contributed by atoms with E-state index in [1.54, 1.807) is 0 Å². The Balaban J connectivity index is 1.63. The molecule has 3 nitrogen and oxygen atoms in total. The number of fused-ring (bicyclic) bond motifs is 1. The molecule has 0 aliphatic carbocycles. The largest absolute Gasteiger partial charge is 0.311 e. The summed E-state index contributed by atoms with van der Waals surface area (Å²) in [4.78, 5) is 5.64. The van der Waals surface area contributed by atoms with Gasteiger partial charge in [0.2, 0.25) is 0 Å². The Morgan fingerprint density at radius 1 is 0.850 bits per heavy atom. The first-order valence-electron chi connectivity index (χ1n) is 9.02. The molecular weight excluding hydrogens is 246 g/mol. The first kappa shape index (κ1) is 14.8. The van der Waals surface area contributed by atoms with Crippen LogP contribution in [0.15, 0.2) is 0 Å². The third-order valence-corrected chi connectivity index (χ3v) is 5.92. The zero-order chi connectivity index (χ0) is 13.9. The van der Waals surface area contributed by atoms with Crippen LogP contribution in [0.3, 0.4) is 0 Å². The van der Waals surface area contributed by atoms with Crippen molar-refractivity contribution in [2.75, 3.05) is 26.2 Å². The summed E-state index contributed by atoms with van der Waals surface area (Å²) in [6.45, 7) is 10.0. The summed E-state index contributed by atoms with van der Waals surface area (Å²) in [6.07, 6.45) is 9.70. The van der Waals surface area contributed by atoms with E-state index in [2.05, 4.69) is 29.0 Å². The quantitative estimate of drug-likeness (QED) is 0.838. The molecule has 4 atom stereocenters. The van der Waals surface area contributed by atoms with Crippen LogP contribution in [-0.2, 0) is 0 Å². The van der Waals surface area contributed by atoms with E-state index in [1.165, 1.54) is 71.1 Å². The van der Waals surface area contributed by atoms with Crippen LogP contribution in [0.4, 0.5) is 0 Å². The van der Waals surface area contributed by atoms with Crippen LogP contribution in [0.2, 0.25) is 0 Å². The van der Waals surface area contributed by atoms with Crippen LogP contribution in [-0.4, -0.2) is 60.1 Å². The highest BCUT2D eigenvalue weighted by molar-refractivity contribution is 4.96. The summed E-state index contributed by atoms with van der Waals surface area (Å²) in [5.41, 5.74) is 0. The van der Waals surface area contributed by atoms with E-state index in [1.807, 2.05) is 0 Å². The standard InChI is InChI=1S/C17H33N3/c1-3-15-8-12-20(11-7-14(2)18-15)17-9-13-19-10-5-4-6-16(17)19/h14-18H,3-13H2,1-2H3. The highest BCUT2D eigenvalue weighted by atomic mass is 15.3. The van der Waals surface area contributed by atoms with Crippen molar-refractivity contribution in [3.63, 3.8) is 0 Å². The van der Waals surface area contributed by atoms with Crippen molar-refractivity contribution in [2.45, 2.75) is 83.0 Å². The molecule has 0 bridgehead atoms. The minimum absolute atomic E-state index is 0.687. The number of hydrogen-bond acceptors (Lipinski definition) is 3. The maximum absolute atomic E-state index is 3.80. The Hall–Kier alpha value is -0.120. The molecule has 20 heavy (non-hydrogen) atoms. The lowest BCUT2D eigenvalue weighted by atomic mass is 9.96. The van der Waals surface area contributed by atoms with Gasteiger partial charge in [0.1, 0.15) is 0 Å². The van der Waals surface area contributed by atoms with Crippen molar-refractivity contribution >= 4 is 0 Å². The second kappa shape index (κ2) is 6.76. The maximum atomic E-state index is 3.80. The summed E-state index contributed by atoms with van der Waals surface area (Å²) < 4.78 is 0. The molecule has 0 aromatic rings. The van der Waals surface area contributed by atoms with Gasteiger partial charge in [-0.3, -0.25) is 9.80 Å².